The zero-order valence-corrected chi connectivity index (χ0v) is 33.3. The fourth-order valence-electron chi connectivity index (χ4n) is 6.06. The zero-order chi connectivity index (χ0) is 40.7. The van der Waals surface area contributed by atoms with Gasteiger partial charge >= 0.3 is 23.9 Å². The minimum atomic E-state index is -0.370. The van der Waals surface area contributed by atoms with E-state index in [4.69, 9.17) is 28.4 Å². The molecule has 0 amide bonds. The summed E-state index contributed by atoms with van der Waals surface area (Å²) in [5.74, 6) is 0.714. The summed E-state index contributed by atoms with van der Waals surface area (Å²) in [7, 11) is 1.70. The maximum atomic E-state index is 12.1. The van der Waals surface area contributed by atoms with Gasteiger partial charge in [-0.25, -0.2) is 9.59 Å². The average Bonchev–Trinajstić information content (AvgIpc) is 3.20. The third kappa shape index (κ3) is 23.3. The number of hydrogen-bond acceptors (Lipinski definition) is 12. The predicted octanol–water partition coefficient (Wildman–Crippen LogP) is 8.01. The van der Waals surface area contributed by atoms with Gasteiger partial charge in [0.2, 0.25) is 0 Å². The second kappa shape index (κ2) is 30.9. The second-order valence-corrected chi connectivity index (χ2v) is 14.0. The maximum Gasteiger partial charge on any atom is 0.330 e. The molecule has 3 rings (SSSR count). The van der Waals surface area contributed by atoms with Crippen LogP contribution in [-0.2, 0) is 47.7 Å². The fourth-order valence-corrected chi connectivity index (χ4v) is 6.06. The fraction of sp³-hybridized carbons (Fsp3) is 0.628. The molecule has 0 heterocycles. The molecule has 2 fully saturated rings. The summed E-state index contributed by atoms with van der Waals surface area (Å²) in [5.41, 5.74) is 0.726. The molecular formula is C43H64O12. The second-order valence-electron chi connectivity index (χ2n) is 14.0. The number of rotatable bonds is 22. The molecule has 2 aliphatic carbocycles. The first-order chi connectivity index (χ1) is 26.6. The number of benzene rings is 1. The molecule has 0 aromatic heterocycles. The van der Waals surface area contributed by atoms with Gasteiger partial charge in [0, 0.05) is 31.8 Å². The molecule has 0 saturated heterocycles. The van der Waals surface area contributed by atoms with E-state index >= 15 is 0 Å². The quantitative estimate of drug-likeness (QED) is 0.0280. The molecular weight excluding hydrogens is 708 g/mol. The van der Waals surface area contributed by atoms with Crippen LogP contribution in [0.25, 0.3) is 0 Å². The smallest absolute Gasteiger partial charge is 0.330 e. The van der Waals surface area contributed by atoms with Crippen molar-refractivity contribution in [3.05, 3.63) is 49.1 Å². The van der Waals surface area contributed by atoms with Crippen molar-refractivity contribution in [1.29, 1.82) is 0 Å². The van der Waals surface area contributed by atoms with Gasteiger partial charge in [-0.3, -0.25) is 14.4 Å². The van der Waals surface area contributed by atoms with E-state index in [1.807, 2.05) is 0 Å². The van der Waals surface area contributed by atoms with Crippen LogP contribution in [0.4, 0.5) is 0 Å². The van der Waals surface area contributed by atoms with Crippen molar-refractivity contribution in [1.82, 2.24) is 0 Å². The number of hydrogen-bond donors (Lipinski definition) is 0. The van der Waals surface area contributed by atoms with E-state index < -0.39 is 0 Å². The molecule has 0 spiro atoms. The average molecular weight is 773 g/mol. The predicted molar refractivity (Wildman–Crippen MR) is 208 cm³/mol. The molecule has 0 atom stereocenters. The number of methoxy groups -OCH3 is 1. The summed E-state index contributed by atoms with van der Waals surface area (Å²) >= 11 is 0. The number of carbonyl (C=O) groups is 6. The van der Waals surface area contributed by atoms with Gasteiger partial charge in [0.25, 0.3) is 6.47 Å². The van der Waals surface area contributed by atoms with Crippen LogP contribution < -0.4 is 9.47 Å². The highest BCUT2D eigenvalue weighted by atomic mass is 16.5. The Kier molecular flexibility index (Phi) is 27.4. The van der Waals surface area contributed by atoms with Gasteiger partial charge in [-0.2, -0.15) is 0 Å². The lowest BCUT2D eigenvalue weighted by molar-refractivity contribution is -0.150. The molecule has 2 aliphatic rings. The number of ether oxygens (including phenoxy) is 6. The van der Waals surface area contributed by atoms with Gasteiger partial charge in [0.1, 0.15) is 17.8 Å². The lowest BCUT2D eigenvalue weighted by atomic mass is 9.83. The summed E-state index contributed by atoms with van der Waals surface area (Å²) in [4.78, 5) is 66.3. The van der Waals surface area contributed by atoms with Crippen LogP contribution >= 0.6 is 0 Å². The molecule has 1 aromatic rings. The summed E-state index contributed by atoms with van der Waals surface area (Å²) in [6.45, 7) is 13.3. The summed E-state index contributed by atoms with van der Waals surface area (Å²) in [6, 6.07) is 4.83. The van der Waals surface area contributed by atoms with Gasteiger partial charge in [-0.1, -0.05) is 26.5 Å². The van der Waals surface area contributed by atoms with Crippen LogP contribution in [0, 0.1) is 30.6 Å². The van der Waals surface area contributed by atoms with E-state index in [-0.39, 0.29) is 41.6 Å². The zero-order valence-electron chi connectivity index (χ0n) is 33.3. The first-order valence-corrected chi connectivity index (χ1v) is 19.7. The third-order valence-electron chi connectivity index (χ3n) is 9.54. The van der Waals surface area contributed by atoms with Crippen LogP contribution in [0.3, 0.4) is 0 Å². The summed E-state index contributed by atoms with van der Waals surface area (Å²) < 4.78 is 30.1. The first kappa shape index (κ1) is 48.7. The Balaban J connectivity index is 0.000000426. The van der Waals surface area contributed by atoms with Crippen LogP contribution in [0.1, 0.15) is 115 Å². The molecule has 2 saturated carbocycles. The lowest BCUT2D eigenvalue weighted by Gasteiger charge is -2.24. The topological polar surface area (TPSA) is 158 Å². The van der Waals surface area contributed by atoms with E-state index in [1.54, 1.807) is 32.2 Å². The van der Waals surface area contributed by atoms with E-state index in [2.05, 4.69) is 20.1 Å². The van der Waals surface area contributed by atoms with E-state index in [1.165, 1.54) is 12.2 Å². The molecule has 0 radical (unpaired) electrons. The highest BCUT2D eigenvalue weighted by Gasteiger charge is 2.28. The van der Waals surface area contributed by atoms with Crippen LogP contribution in [0.2, 0.25) is 0 Å². The maximum absolute atomic E-state index is 12.1. The highest BCUT2D eigenvalue weighted by Crippen LogP contribution is 2.31. The van der Waals surface area contributed by atoms with Crippen molar-refractivity contribution in [3.8, 4) is 11.5 Å². The van der Waals surface area contributed by atoms with Crippen molar-refractivity contribution in [2.75, 3.05) is 33.5 Å². The van der Waals surface area contributed by atoms with Gasteiger partial charge in [0.15, 0.2) is 0 Å². The molecule has 0 bridgehead atoms. The molecule has 0 unspecified atom stereocenters. The van der Waals surface area contributed by atoms with Crippen molar-refractivity contribution < 1.29 is 57.2 Å². The Hall–Kier alpha value is -4.32. The number of aldehydes is 1. The van der Waals surface area contributed by atoms with Crippen molar-refractivity contribution in [3.63, 3.8) is 0 Å². The van der Waals surface area contributed by atoms with Gasteiger partial charge in [-0.05, 0) is 133 Å². The Morgan fingerprint density at radius 2 is 1.16 bits per heavy atom. The van der Waals surface area contributed by atoms with Crippen LogP contribution in [-0.4, -0.2) is 70.2 Å². The van der Waals surface area contributed by atoms with Crippen LogP contribution in [0.15, 0.2) is 43.5 Å². The number of aryl methyl sites for hydroxylation is 1. The molecule has 55 heavy (non-hydrogen) atoms. The van der Waals surface area contributed by atoms with Gasteiger partial charge in [-0.15, -0.1) is 0 Å². The molecule has 308 valence electrons. The Morgan fingerprint density at radius 3 is 1.64 bits per heavy atom. The van der Waals surface area contributed by atoms with Gasteiger partial charge < -0.3 is 33.2 Å². The number of unbranched alkanes of at least 4 members (excludes halogenated alkanes) is 6. The molecule has 12 nitrogen and oxygen atoms in total. The number of carbonyl (C=O) groups excluding carboxylic acids is 6. The van der Waals surface area contributed by atoms with Crippen LogP contribution in [0.5, 0.6) is 11.5 Å². The minimum absolute atomic E-state index is 0.0122. The SMILES string of the molecule is C=CC(=O)OCCCCCCOC.C=CC(=O)OCCCCCCOC(=O)C1CCC(C)CC1.Cc1cc(OC=O)ccc1OC(=O)C1CCC(C=O)CC1. The molecule has 12 heteroatoms. The van der Waals surface area contributed by atoms with E-state index in [0.29, 0.717) is 50.6 Å². The molecule has 1 aromatic carbocycles. The first-order valence-electron chi connectivity index (χ1n) is 19.7. The monoisotopic (exact) mass is 772 g/mol. The van der Waals surface area contributed by atoms with E-state index in [0.717, 1.165) is 114 Å². The summed E-state index contributed by atoms with van der Waals surface area (Å²) in [6.07, 6.45) is 18.3. The van der Waals surface area contributed by atoms with Crippen molar-refractivity contribution in [2.45, 2.75) is 117 Å². The lowest BCUT2D eigenvalue weighted by Crippen LogP contribution is -2.26. The third-order valence-corrected chi connectivity index (χ3v) is 9.54. The Bertz CT molecular complexity index is 1290. The Morgan fingerprint density at radius 1 is 0.673 bits per heavy atom. The van der Waals surface area contributed by atoms with Gasteiger partial charge in [0.05, 0.1) is 31.7 Å². The Labute approximate surface area is 327 Å². The normalized spacial score (nSPS) is 18.7. The summed E-state index contributed by atoms with van der Waals surface area (Å²) in [5, 5.41) is 0. The standard InChI is InChI=1S/C17H28O4.C16H18O5.C10H18O3/c1-3-16(18)20-12-6-4-5-7-13-21-17(19)15-10-8-14(2)9-11-15;1-11-8-14(20-10-18)6-7-15(11)21-16(19)13-4-2-12(9-17)3-5-13;1-3-10(11)13-9-7-5-4-6-8-12-2/h3,14-15H,1,4-13H2,2H3;6-10,12-13H,2-5H2,1H3;3H,1,4-9H2,2H3. The van der Waals surface area contributed by atoms with Crippen molar-refractivity contribution >= 4 is 36.6 Å². The largest absolute Gasteiger partial charge is 0.465 e. The molecule has 0 N–H and O–H groups in total. The number of esters is 4. The van der Waals surface area contributed by atoms with E-state index in [9.17, 15) is 28.8 Å². The highest BCUT2D eigenvalue weighted by molar-refractivity contribution is 5.81. The minimum Gasteiger partial charge on any atom is -0.465 e. The van der Waals surface area contributed by atoms with Crippen molar-refractivity contribution in [2.24, 2.45) is 23.7 Å². The molecule has 0 aliphatic heterocycles.